The quantitative estimate of drug-likeness (QED) is 0.837. The lowest BCUT2D eigenvalue weighted by Gasteiger charge is -2.22. The molecule has 1 atom stereocenters. The number of nitrogens with one attached hydrogen (secondary N) is 1. The molecule has 118 valence electrons. The molecule has 5 nitrogen and oxygen atoms in total. The lowest BCUT2D eigenvalue weighted by molar-refractivity contribution is -0.133. The third-order valence-electron chi connectivity index (χ3n) is 3.06. The van der Waals surface area contributed by atoms with Gasteiger partial charge in [-0.2, -0.15) is 0 Å². The zero-order valence-electron chi connectivity index (χ0n) is 12.5. The van der Waals surface area contributed by atoms with Crippen molar-refractivity contribution < 1.29 is 17.6 Å². The summed E-state index contributed by atoms with van der Waals surface area (Å²) in [5.41, 5.74) is 0.150. The summed E-state index contributed by atoms with van der Waals surface area (Å²) in [6.07, 6.45) is 0. The van der Waals surface area contributed by atoms with E-state index >= 15 is 0 Å². The van der Waals surface area contributed by atoms with E-state index in [-0.39, 0.29) is 17.3 Å². The predicted molar refractivity (Wildman–Crippen MR) is 80.9 cm³/mol. The zero-order valence-corrected chi connectivity index (χ0v) is 13.3. The molecule has 0 radical (unpaired) electrons. The molecule has 0 bridgehead atoms. The highest BCUT2D eigenvalue weighted by molar-refractivity contribution is 7.92. The molecule has 1 amide bonds. The summed E-state index contributed by atoms with van der Waals surface area (Å²) >= 11 is 0. The molecule has 1 aromatic carbocycles. The standard InChI is InChI=1S/C14H21FN2O3S/c1-4-17(5-2)14(18)11(3)10-21(19,20)16-13-8-6-7-12(15)9-13/h6-9,11,16H,4-5,10H2,1-3H3. The number of amides is 1. The summed E-state index contributed by atoms with van der Waals surface area (Å²) in [5, 5.41) is 0. The molecule has 0 heterocycles. The monoisotopic (exact) mass is 316 g/mol. The minimum Gasteiger partial charge on any atom is -0.343 e. The summed E-state index contributed by atoms with van der Waals surface area (Å²) in [6.45, 7) is 6.33. The normalized spacial score (nSPS) is 12.8. The molecule has 0 aliphatic heterocycles. The summed E-state index contributed by atoms with van der Waals surface area (Å²) in [6, 6.07) is 5.19. The molecule has 1 N–H and O–H groups in total. The van der Waals surface area contributed by atoms with Gasteiger partial charge in [-0.25, -0.2) is 12.8 Å². The molecular weight excluding hydrogens is 295 g/mol. The summed E-state index contributed by atoms with van der Waals surface area (Å²) in [7, 11) is -3.71. The Labute approximate surface area is 125 Å². The fourth-order valence-electron chi connectivity index (χ4n) is 2.02. The van der Waals surface area contributed by atoms with Crippen LogP contribution in [0.1, 0.15) is 20.8 Å². The Morgan fingerprint density at radius 2 is 1.95 bits per heavy atom. The van der Waals surface area contributed by atoms with Crippen molar-refractivity contribution in [2.45, 2.75) is 20.8 Å². The lowest BCUT2D eigenvalue weighted by atomic mass is 10.2. The van der Waals surface area contributed by atoms with Gasteiger partial charge in [0, 0.05) is 13.1 Å². The first-order valence-electron chi connectivity index (χ1n) is 6.84. The van der Waals surface area contributed by atoms with Crippen molar-refractivity contribution in [3.63, 3.8) is 0 Å². The van der Waals surface area contributed by atoms with Crippen LogP contribution in [0.15, 0.2) is 24.3 Å². The largest absolute Gasteiger partial charge is 0.343 e. The van der Waals surface area contributed by atoms with Crippen LogP contribution in [-0.2, 0) is 14.8 Å². The van der Waals surface area contributed by atoms with Gasteiger partial charge in [0.2, 0.25) is 15.9 Å². The van der Waals surface area contributed by atoms with Gasteiger partial charge >= 0.3 is 0 Å². The maximum Gasteiger partial charge on any atom is 0.233 e. The van der Waals surface area contributed by atoms with Crippen molar-refractivity contribution in [3.8, 4) is 0 Å². The second-order valence-electron chi connectivity index (χ2n) is 4.81. The van der Waals surface area contributed by atoms with E-state index in [0.29, 0.717) is 13.1 Å². The van der Waals surface area contributed by atoms with Crippen molar-refractivity contribution in [2.24, 2.45) is 5.92 Å². The fourth-order valence-corrected chi connectivity index (χ4v) is 3.39. The number of sulfonamides is 1. The molecule has 0 spiro atoms. The number of benzene rings is 1. The maximum atomic E-state index is 13.0. The number of rotatable bonds is 7. The summed E-state index contributed by atoms with van der Waals surface area (Å²) < 4.78 is 39.4. The van der Waals surface area contributed by atoms with E-state index in [1.54, 1.807) is 11.8 Å². The van der Waals surface area contributed by atoms with E-state index in [9.17, 15) is 17.6 Å². The van der Waals surface area contributed by atoms with E-state index in [4.69, 9.17) is 0 Å². The predicted octanol–water partition coefficient (Wildman–Crippen LogP) is 2.07. The molecule has 0 aliphatic carbocycles. The minimum atomic E-state index is -3.71. The molecule has 1 rings (SSSR count). The molecule has 0 saturated heterocycles. The van der Waals surface area contributed by atoms with Crippen LogP contribution in [0.3, 0.4) is 0 Å². The average Bonchev–Trinajstić information content (AvgIpc) is 2.38. The van der Waals surface area contributed by atoms with Crippen molar-refractivity contribution in [1.82, 2.24) is 4.90 Å². The second kappa shape index (κ2) is 7.40. The van der Waals surface area contributed by atoms with Crippen molar-refractivity contribution in [3.05, 3.63) is 30.1 Å². The molecule has 0 aromatic heterocycles. The number of carbonyl (C=O) groups excluding carboxylic acids is 1. The highest BCUT2D eigenvalue weighted by Gasteiger charge is 2.24. The Morgan fingerprint density at radius 3 is 2.48 bits per heavy atom. The number of carbonyl (C=O) groups is 1. The zero-order chi connectivity index (χ0) is 16.0. The first-order valence-corrected chi connectivity index (χ1v) is 8.49. The van der Waals surface area contributed by atoms with Crippen molar-refractivity contribution in [2.75, 3.05) is 23.6 Å². The highest BCUT2D eigenvalue weighted by Crippen LogP contribution is 2.13. The Hall–Kier alpha value is -1.63. The van der Waals surface area contributed by atoms with Crippen LogP contribution in [0, 0.1) is 11.7 Å². The van der Waals surface area contributed by atoms with Gasteiger partial charge in [0.25, 0.3) is 0 Å². The first-order chi connectivity index (χ1) is 9.79. The number of hydrogen-bond acceptors (Lipinski definition) is 3. The van der Waals surface area contributed by atoms with Crippen molar-refractivity contribution >= 4 is 21.6 Å². The van der Waals surface area contributed by atoms with Gasteiger partial charge < -0.3 is 4.90 Å². The van der Waals surface area contributed by atoms with Gasteiger partial charge in [-0.3, -0.25) is 9.52 Å². The Kier molecular flexibility index (Phi) is 6.14. The maximum absolute atomic E-state index is 13.0. The van der Waals surface area contributed by atoms with Crippen LogP contribution in [0.4, 0.5) is 10.1 Å². The second-order valence-corrected chi connectivity index (χ2v) is 6.57. The van der Waals surface area contributed by atoms with E-state index in [0.717, 1.165) is 6.07 Å². The van der Waals surface area contributed by atoms with Gasteiger partial charge in [-0.05, 0) is 32.0 Å². The number of anilines is 1. The van der Waals surface area contributed by atoms with E-state index in [1.165, 1.54) is 18.2 Å². The molecule has 7 heteroatoms. The van der Waals surface area contributed by atoms with Crippen LogP contribution in [0.5, 0.6) is 0 Å². The van der Waals surface area contributed by atoms with Crippen LogP contribution in [-0.4, -0.2) is 38.1 Å². The van der Waals surface area contributed by atoms with Crippen LogP contribution in [0.25, 0.3) is 0 Å². The Morgan fingerprint density at radius 1 is 1.33 bits per heavy atom. The molecule has 0 fully saturated rings. The topological polar surface area (TPSA) is 66.5 Å². The van der Waals surface area contributed by atoms with Crippen molar-refractivity contribution in [1.29, 1.82) is 0 Å². The first kappa shape index (κ1) is 17.4. The minimum absolute atomic E-state index is 0.150. The van der Waals surface area contributed by atoms with Crippen LogP contribution >= 0.6 is 0 Å². The van der Waals surface area contributed by atoms with E-state index < -0.39 is 21.8 Å². The molecule has 1 unspecified atom stereocenters. The van der Waals surface area contributed by atoms with Crippen LogP contribution < -0.4 is 4.72 Å². The van der Waals surface area contributed by atoms with Crippen LogP contribution in [0.2, 0.25) is 0 Å². The van der Waals surface area contributed by atoms with Gasteiger partial charge in [0.05, 0.1) is 17.4 Å². The van der Waals surface area contributed by atoms with Gasteiger partial charge in [-0.1, -0.05) is 13.0 Å². The third kappa shape index (κ3) is 5.34. The Bertz CT molecular complexity index is 586. The van der Waals surface area contributed by atoms with E-state index in [2.05, 4.69) is 4.72 Å². The molecular formula is C14H21FN2O3S. The third-order valence-corrected chi connectivity index (χ3v) is 4.55. The van der Waals surface area contributed by atoms with Gasteiger partial charge in [0.15, 0.2) is 0 Å². The van der Waals surface area contributed by atoms with E-state index in [1.807, 2.05) is 13.8 Å². The number of hydrogen-bond donors (Lipinski definition) is 1. The number of nitrogens with zero attached hydrogens (tertiary/aromatic N) is 1. The van der Waals surface area contributed by atoms with Gasteiger partial charge in [-0.15, -0.1) is 0 Å². The smallest absolute Gasteiger partial charge is 0.233 e. The number of halogens is 1. The fraction of sp³-hybridized carbons (Fsp3) is 0.500. The summed E-state index contributed by atoms with van der Waals surface area (Å²) in [5.74, 6) is -1.72. The van der Waals surface area contributed by atoms with Gasteiger partial charge in [0.1, 0.15) is 5.82 Å². The lowest BCUT2D eigenvalue weighted by Crippen LogP contribution is -2.38. The average molecular weight is 316 g/mol. The molecule has 0 aliphatic rings. The SMILES string of the molecule is CCN(CC)C(=O)C(C)CS(=O)(=O)Nc1cccc(F)c1. The Balaban J connectivity index is 2.74. The highest BCUT2D eigenvalue weighted by atomic mass is 32.2. The molecule has 21 heavy (non-hydrogen) atoms. The molecule has 0 saturated carbocycles. The molecule has 1 aromatic rings. The summed E-state index contributed by atoms with van der Waals surface area (Å²) in [4.78, 5) is 13.6.